The first-order valence-electron chi connectivity index (χ1n) is 11.3. The predicted molar refractivity (Wildman–Crippen MR) is 137 cm³/mol. The average Bonchev–Trinajstić information content (AvgIpc) is 2.76. The standard InChI is InChI=1S/C24H37N5O4S/c1-29(2)14-4-5-18(28-23(33)16-34-3)10-11-20(30)15-21(31)12-13-22(32)27-19-8-6-17(7-9-19)24(25)26/h6-9,18H,4-5,10-16H2,1-3H3,(H3,25,26)(H,27,32)(H,28,33). The number of benzene rings is 1. The number of hydrogen-bond acceptors (Lipinski definition) is 7. The van der Waals surface area contributed by atoms with Gasteiger partial charge in [-0.3, -0.25) is 24.6 Å². The van der Waals surface area contributed by atoms with Crippen LogP contribution in [0, 0.1) is 5.41 Å². The van der Waals surface area contributed by atoms with Crippen LogP contribution in [0.5, 0.6) is 0 Å². The van der Waals surface area contributed by atoms with Crippen molar-refractivity contribution in [1.29, 1.82) is 5.41 Å². The Hall–Kier alpha value is -2.72. The van der Waals surface area contributed by atoms with Crippen molar-refractivity contribution in [3.05, 3.63) is 29.8 Å². The summed E-state index contributed by atoms with van der Waals surface area (Å²) >= 11 is 1.44. The number of anilines is 1. The summed E-state index contributed by atoms with van der Waals surface area (Å²) in [4.78, 5) is 50.6. The number of nitrogens with two attached hydrogens (primary N) is 1. The van der Waals surface area contributed by atoms with E-state index in [1.807, 2.05) is 20.4 Å². The third kappa shape index (κ3) is 13.1. The normalized spacial score (nSPS) is 11.6. The molecule has 0 saturated carbocycles. The van der Waals surface area contributed by atoms with E-state index in [0.717, 1.165) is 19.4 Å². The van der Waals surface area contributed by atoms with Gasteiger partial charge in [0.25, 0.3) is 0 Å². The van der Waals surface area contributed by atoms with E-state index in [2.05, 4.69) is 15.5 Å². The maximum Gasteiger partial charge on any atom is 0.230 e. The fourth-order valence-corrected chi connectivity index (χ4v) is 3.63. The van der Waals surface area contributed by atoms with Gasteiger partial charge in [-0.2, -0.15) is 11.8 Å². The molecule has 0 radical (unpaired) electrons. The van der Waals surface area contributed by atoms with Crippen molar-refractivity contribution in [1.82, 2.24) is 10.2 Å². The van der Waals surface area contributed by atoms with Crippen molar-refractivity contribution in [2.24, 2.45) is 5.73 Å². The molecule has 0 saturated heterocycles. The molecule has 1 aromatic rings. The quantitative estimate of drug-likeness (QED) is 0.148. The minimum absolute atomic E-state index is 0.0141. The highest BCUT2D eigenvalue weighted by molar-refractivity contribution is 7.99. The predicted octanol–water partition coefficient (Wildman–Crippen LogP) is 2.19. The largest absolute Gasteiger partial charge is 0.384 e. The molecule has 0 spiro atoms. The molecule has 0 bridgehead atoms. The Morgan fingerprint density at radius 2 is 1.65 bits per heavy atom. The third-order valence-corrected chi connectivity index (χ3v) is 5.63. The number of Topliss-reactive ketones (excluding diaryl/α,β-unsaturated/α-hetero) is 2. The van der Waals surface area contributed by atoms with Crippen LogP contribution in [0.1, 0.15) is 50.5 Å². The smallest absolute Gasteiger partial charge is 0.230 e. The van der Waals surface area contributed by atoms with E-state index in [9.17, 15) is 19.2 Å². The lowest BCUT2D eigenvalue weighted by molar-refractivity contribution is -0.129. The van der Waals surface area contributed by atoms with Crippen LogP contribution in [0.15, 0.2) is 24.3 Å². The summed E-state index contributed by atoms with van der Waals surface area (Å²) in [6.45, 7) is 0.893. The molecule has 1 unspecified atom stereocenters. The Labute approximate surface area is 206 Å². The first kappa shape index (κ1) is 29.3. The number of carbonyl (C=O) groups excluding carboxylic acids is 4. The number of rotatable bonds is 17. The molecule has 0 fully saturated rings. The van der Waals surface area contributed by atoms with Crippen LogP contribution in [0.4, 0.5) is 5.69 Å². The number of amidine groups is 1. The highest BCUT2D eigenvalue weighted by atomic mass is 32.2. The van der Waals surface area contributed by atoms with E-state index in [1.165, 1.54) is 11.8 Å². The van der Waals surface area contributed by atoms with Gasteiger partial charge in [-0.1, -0.05) is 0 Å². The molecule has 2 amide bonds. The molecule has 0 aliphatic heterocycles. The number of nitrogens with one attached hydrogen (secondary N) is 3. The minimum atomic E-state index is -0.325. The van der Waals surface area contributed by atoms with Crippen LogP contribution in [0.2, 0.25) is 0 Å². The lowest BCUT2D eigenvalue weighted by atomic mass is 10.0. The van der Waals surface area contributed by atoms with Crippen LogP contribution in [-0.4, -0.2) is 72.8 Å². The molecule has 5 N–H and O–H groups in total. The van der Waals surface area contributed by atoms with Gasteiger partial charge in [0.2, 0.25) is 11.8 Å². The van der Waals surface area contributed by atoms with Gasteiger partial charge in [-0.05, 0) is 70.4 Å². The van der Waals surface area contributed by atoms with Crippen LogP contribution in [0.25, 0.3) is 0 Å². The Kier molecular flexibility index (Phi) is 13.8. The van der Waals surface area contributed by atoms with Gasteiger partial charge in [0.1, 0.15) is 17.4 Å². The van der Waals surface area contributed by atoms with Crippen molar-refractivity contribution < 1.29 is 19.2 Å². The van der Waals surface area contributed by atoms with Gasteiger partial charge in [0.15, 0.2) is 0 Å². The summed E-state index contributed by atoms with van der Waals surface area (Å²) in [6, 6.07) is 6.41. The Balaban J connectivity index is 2.40. The Morgan fingerprint density at radius 3 is 2.24 bits per heavy atom. The zero-order valence-electron chi connectivity index (χ0n) is 20.3. The fraction of sp³-hybridized carbons (Fsp3) is 0.542. The van der Waals surface area contributed by atoms with E-state index >= 15 is 0 Å². The molecule has 1 atom stereocenters. The van der Waals surface area contributed by atoms with E-state index < -0.39 is 0 Å². The summed E-state index contributed by atoms with van der Waals surface area (Å²) in [6.07, 6.45) is 4.01. The molecular formula is C24H37N5O4S. The highest BCUT2D eigenvalue weighted by Gasteiger charge is 2.17. The highest BCUT2D eigenvalue weighted by Crippen LogP contribution is 2.12. The second-order valence-corrected chi connectivity index (χ2v) is 9.34. The summed E-state index contributed by atoms with van der Waals surface area (Å²) in [5.74, 6) is -0.513. The first-order valence-corrected chi connectivity index (χ1v) is 12.7. The summed E-state index contributed by atoms with van der Waals surface area (Å²) in [5, 5.41) is 13.0. The molecule has 0 aliphatic carbocycles. The van der Waals surface area contributed by atoms with E-state index in [0.29, 0.717) is 23.4 Å². The lowest BCUT2D eigenvalue weighted by Crippen LogP contribution is -2.37. The molecule has 0 aliphatic rings. The Morgan fingerprint density at radius 1 is 1.00 bits per heavy atom. The molecular weight excluding hydrogens is 454 g/mol. The maximum atomic E-state index is 12.3. The number of ketones is 2. The van der Waals surface area contributed by atoms with Crippen molar-refractivity contribution in [2.75, 3.05) is 38.0 Å². The average molecular weight is 492 g/mol. The minimum Gasteiger partial charge on any atom is -0.384 e. The molecule has 0 aromatic heterocycles. The molecule has 1 aromatic carbocycles. The van der Waals surface area contributed by atoms with Crippen LogP contribution >= 0.6 is 11.8 Å². The van der Waals surface area contributed by atoms with Crippen LogP contribution in [-0.2, 0) is 19.2 Å². The van der Waals surface area contributed by atoms with Gasteiger partial charge in [0, 0.05) is 36.6 Å². The van der Waals surface area contributed by atoms with Gasteiger partial charge >= 0.3 is 0 Å². The summed E-state index contributed by atoms with van der Waals surface area (Å²) in [5.41, 5.74) is 6.49. The van der Waals surface area contributed by atoms with Gasteiger partial charge in [-0.15, -0.1) is 0 Å². The van der Waals surface area contributed by atoms with Crippen molar-refractivity contribution >= 4 is 46.7 Å². The second-order valence-electron chi connectivity index (χ2n) is 8.47. The molecule has 10 heteroatoms. The number of hydrogen-bond donors (Lipinski definition) is 4. The Bertz CT molecular complexity index is 842. The zero-order chi connectivity index (χ0) is 25.5. The molecule has 9 nitrogen and oxygen atoms in total. The second kappa shape index (κ2) is 16.0. The van der Waals surface area contributed by atoms with Crippen LogP contribution < -0.4 is 16.4 Å². The van der Waals surface area contributed by atoms with Crippen LogP contribution in [0.3, 0.4) is 0 Å². The summed E-state index contributed by atoms with van der Waals surface area (Å²) < 4.78 is 0. The molecule has 34 heavy (non-hydrogen) atoms. The van der Waals surface area contributed by atoms with E-state index in [-0.39, 0.29) is 60.9 Å². The fourth-order valence-electron chi connectivity index (χ4n) is 3.28. The number of thioether (sulfide) groups is 1. The number of nitrogen functional groups attached to an aromatic ring is 1. The van der Waals surface area contributed by atoms with Gasteiger partial charge < -0.3 is 21.3 Å². The van der Waals surface area contributed by atoms with Crippen molar-refractivity contribution in [3.63, 3.8) is 0 Å². The van der Waals surface area contributed by atoms with Gasteiger partial charge in [-0.25, -0.2) is 0 Å². The van der Waals surface area contributed by atoms with E-state index in [4.69, 9.17) is 11.1 Å². The third-order valence-electron chi connectivity index (χ3n) is 5.07. The van der Waals surface area contributed by atoms with Crippen molar-refractivity contribution in [3.8, 4) is 0 Å². The SMILES string of the molecule is CSCC(=O)NC(CCCN(C)C)CCC(=O)CC(=O)CCC(=O)Nc1ccc(C(=N)N)cc1. The number of amides is 2. The number of carbonyl (C=O) groups is 4. The monoisotopic (exact) mass is 491 g/mol. The lowest BCUT2D eigenvalue weighted by Gasteiger charge is -2.19. The zero-order valence-corrected chi connectivity index (χ0v) is 21.1. The molecule has 1 rings (SSSR count). The topological polar surface area (TPSA) is 145 Å². The first-order chi connectivity index (χ1) is 16.1. The molecule has 188 valence electrons. The molecule has 0 heterocycles. The summed E-state index contributed by atoms with van der Waals surface area (Å²) in [7, 11) is 3.97. The van der Waals surface area contributed by atoms with E-state index in [1.54, 1.807) is 24.3 Å². The van der Waals surface area contributed by atoms with Gasteiger partial charge in [0.05, 0.1) is 12.2 Å². The van der Waals surface area contributed by atoms with Crippen molar-refractivity contribution in [2.45, 2.75) is 51.0 Å². The number of nitrogens with zero attached hydrogens (tertiary/aromatic N) is 1. The maximum absolute atomic E-state index is 12.3.